The molecule has 1 aromatic rings. The number of anilines is 3. The van der Waals surface area contributed by atoms with Crippen LogP contribution in [0.5, 0.6) is 0 Å². The van der Waals surface area contributed by atoms with Gasteiger partial charge in [0.2, 0.25) is 0 Å². The smallest absolute Gasteiger partial charge is 0.169 e. The maximum absolute atomic E-state index is 13.7. The summed E-state index contributed by atoms with van der Waals surface area (Å²) in [7, 11) is 0. The molecular formula is C11H17ClFN3O. The van der Waals surface area contributed by atoms with E-state index in [1.54, 1.807) is 0 Å². The summed E-state index contributed by atoms with van der Waals surface area (Å²) in [5.41, 5.74) is 11.7. The van der Waals surface area contributed by atoms with Crippen LogP contribution < -0.4 is 16.8 Å². The largest absolute Gasteiger partial charge is 0.397 e. The highest BCUT2D eigenvalue weighted by Gasteiger charge is 2.13. The molecule has 1 rings (SSSR count). The fourth-order valence-corrected chi connectivity index (χ4v) is 1.53. The molecule has 0 spiro atoms. The molecule has 96 valence electrons. The Labute approximate surface area is 105 Å². The van der Waals surface area contributed by atoms with Crippen LogP contribution in [0.3, 0.4) is 0 Å². The molecule has 0 fully saturated rings. The van der Waals surface area contributed by atoms with Crippen molar-refractivity contribution in [1.82, 2.24) is 0 Å². The quantitative estimate of drug-likeness (QED) is 0.543. The van der Waals surface area contributed by atoms with Crippen molar-refractivity contribution in [3.05, 3.63) is 16.9 Å². The Bertz CT molecular complexity index is 387. The lowest BCUT2D eigenvalue weighted by molar-refractivity contribution is 0.147. The molecule has 0 aliphatic heterocycles. The lowest BCUT2D eigenvalue weighted by Gasteiger charge is -2.12. The van der Waals surface area contributed by atoms with Crippen LogP contribution in [-0.4, -0.2) is 19.8 Å². The normalized spacial score (nSPS) is 10.5. The Kier molecular flexibility index (Phi) is 5.31. The average Bonchev–Trinajstić information content (AvgIpc) is 2.30. The van der Waals surface area contributed by atoms with Gasteiger partial charge in [0.25, 0.3) is 0 Å². The minimum Gasteiger partial charge on any atom is -0.397 e. The molecule has 6 heteroatoms. The van der Waals surface area contributed by atoms with Crippen LogP contribution in [0.1, 0.15) is 13.3 Å². The minimum atomic E-state index is -0.611. The predicted molar refractivity (Wildman–Crippen MR) is 69.8 cm³/mol. The molecule has 0 aliphatic rings. The van der Waals surface area contributed by atoms with E-state index in [1.807, 2.05) is 6.92 Å². The fourth-order valence-electron chi connectivity index (χ4n) is 1.38. The number of hydrogen-bond donors (Lipinski definition) is 3. The van der Waals surface area contributed by atoms with Crippen LogP contribution in [0, 0.1) is 5.82 Å². The third-order valence-corrected chi connectivity index (χ3v) is 2.62. The van der Waals surface area contributed by atoms with E-state index in [0.29, 0.717) is 19.8 Å². The van der Waals surface area contributed by atoms with Crippen LogP contribution in [0.4, 0.5) is 21.5 Å². The first-order chi connectivity index (χ1) is 8.07. The Morgan fingerprint density at radius 2 is 2.12 bits per heavy atom. The summed E-state index contributed by atoms with van der Waals surface area (Å²) in [6, 6.07) is 1.44. The number of hydrogen-bond acceptors (Lipinski definition) is 4. The van der Waals surface area contributed by atoms with Gasteiger partial charge in [-0.05, 0) is 19.4 Å². The number of nitrogen functional groups attached to an aromatic ring is 2. The van der Waals surface area contributed by atoms with Crippen LogP contribution in [0.25, 0.3) is 0 Å². The highest BCUT2D eigenvalue weighted by atomic mass is 35.5. The number of halogens is 2. The molecule has 0 saturated carbocycles. The summed E-state index contributed by atoms with van der Waals surface area (Å²) < 4.78 is 18.9. The lowest BCUT2D eigenvalue weighted by Crippen LogP contribution is -2.10. The van der Waals surface area contributed by atoms with Crippen molar-refractivity contribution in [1.29, 1.82) is 0 Å². The van der Waals surface area contributed by atoms with E-state index in [-0.39, 0.29) is 22.1 Å². The number of benzene rings is 1. The number of nitrogens with two attached hydrogens (primary N) is 2. The molecule has 0 heterocycles. The summed E-state index contributed by atoms with van der Waals surface area (Å²) in [6.45, 7) is 3.77. The van der Waals surface area contributed by atoms with Crippen molar-refractivity contribution in [2.75, 3.05) is 36.5 Å². The van der Waals surface area contributed by atoms with Crippen molar-refractivity contribution in [3.8, 4) is 0 Å². The lowest BCUT2D eigenvalue weighted by atomic mass is 10.2. The van der Waals surface area contributed by atoms with E-state index in [1.165, 1.54) is 6.07 Å². The van der Waals surface area contributed by atoms with Crippen LogP contribution in [0.2, 0.25) is 5.02 Å². The Balaban J connectivity index is 2.62. The fraction of sp³-hybridized carbons (Fsp3) is 0.455. The number of rotatable bonds is 6. The Morgan fingerprint density at radius 3 is 2.76 bits per heavy atom. The zero-order valence-corrected chi connectivity index (χ0v) is 10.5. The van der Waals surface area contributed by atoms with Gasteiger partial charge in [-0.1, -0.05) is 11.6 Å². The molecule has 0 amide bonds. The molecule has 4 nitrogen and oxygen atoms in total. The standard InChI is InChI=1S/C11H17ClFN3O/c1-2-17-5-3-4-16-11-8(15)6-7(14)9(12)10(11)13/h6,16H,2-5,14-15H2,1H3. The summed E-state index contributed by atoms with van der Waals surface area (Å²) in [4.78, 5) is 0. The van der Waals surface area contributed by atoms with Crippen molar-refractivity contribution in [3.63, 3.8) is 0 Å². The molecule has 17 heavy (non-hydrogen) atoms. The third-order valence-electron chi connectivity index (χ3n) is 2.24. The molecular weight excluding hydrogens is 245 g/mol. The van der Waals surface area contributed by atoms with Crippen molar-refractivity contribution in [2.24, 2.45) is 0 Å². The topological polar surface area (TPSA) is 73.3 Å². The molecule has 1 aromatic carbocycles. The Hall–Kier alpha value is -1.20. The maximum Gasteiger partial charge on any atom is 0.169 e. The second-order valence-electron chi connectivity index (χ2n) is 3.54. The van der Waals surface area contributed by atoms with Gasteiger partial charge in [-0.25, -0.2) is 4.39 Å². The monoisotopic (exact) mass is 261 g/mol. The first-order valence-electron chi connectivity index (χ1n) is 5.42. The van der Waals surface area contributed by atoms with Gasteiger partial charge < -0.3 is 21.5 Å². The molecule has 0 unspecified atom stereocenters. The van der Waals surface area contributed by atoms with Crippen LogP contribution >= 0.6 is 11.6 Å². The van der Waals surface area contributed by atoms with Gasteiger partial charge in [0, 0.05) is 19.8 Å². The molecule has 0 aliphatic carbocycles. The van der Waals surface area contributed by atoms with Crippen molar-refractivity contribution < 1.29 is 9.13 Å². The highest BCUT2D eigenvalue weighted by molar-refractivity contribution is 6.33. The molecule has 0 radical (unpaired) electrons. The van der Waals surface area contributed by atoms with Gasteiger partial charge in [-0.3, -0.25) is 0 Å². The summed E-state index contributed by atoms with van der Waals surface area (Å²) in [5.74, 6) is -0.611. The zero-order valence-electron chi connectivity index (χ0n) is 9.72. The van der Waals surface area contributed by atoms with E-state index in [4.69, 9.17) is 27.8 Å². The maximum atomic E-state index is 13.7. The van der Waals surface area contributed by atoms with Crippen LogP contribution in [0.15, 0.2) is 6.07 Å². The van der Waals surface area contributed by atoms with Gasteiger partial charge in [0.15, 0.2) is 5.82 Å². The molecule has 0 aromatic heterocycles. The summed E-state index contributed by atoms with van der Waals surface area (Å²) in [6.07, 6.45) is 0.759. The third kappa shape index (κ3) is 3.64. The molecule has 0 saturated heterocycles. The average molecular weight is 262 g/mol. The zero-order chi connectivity index (χ0) is 12.8. The predicted octanol–water partition coefficient (Wildman–Crippen LogP) is 2.48. The first-order valence-corrected chi connectivity index (χ1v) is 5.80. The van der Waals surface area contributed by atoms with Gasteiger partial charge >= 0.3 is 0 Å². The SMILES string of the molecule is CCOCCCNc1c(N)cc(N)c(Cl)c1F. The Morgan fingerprint density at radius 1 is 1.41 bits per heavy atom. The van der Waals surface area contributed by atoms with E-state index < -0.39 is 5.82 Å². The summed E-state index contributed by atoms with van der Waals surface area (Å²) >= 11 is 5.70. The van der Waals surface area contributed by atoms with Gasteiger partial charge in [0.1, 0.15) is 5.02 Å². The van der Waals surface area contributed by atoms with E-state index in [9.17, 15) is 4.39 Å². The number of nitrogens with one attached hydrogen (secondary N) is 1. The van der Waals surface area contributed by atoms with E-state index >= 15 is 0 Å². The molecule has 5 N–H and O–H groups in total. The highest BCUT2D eigenvalue weighted by Crippen LogP contribution is 2.33. The van der Waals surface area contributed by atoms with E-state index in [0.717, 1.165) is 6.42 Å². The van der Waals surface area contributed by atoms with Crippen LogP contribution in [-0.2, 0) is 4.74 Å². The first kappa shape index (κ1) is 13.9. The van der Waals surface area contributed by atoms with Gasteiger partial charge in [-0.2, -0.15) is 0 Å². The molecule has 0 bridgehead atoms. The van der Waals surface area contributed by atoms with Crippen molar-refractivity contribution in [2.45, 2.75) is 13.3 Å². The van der Waals surface area contributed by atoms with Gasteiger partial charge in [-0.15, -0.1) is 0 Å². The van der Waals surface area contributed by atoms with Crippen molar-refractivity contribution >= 4 is 28.7 Å². The second kappa shape index (κ2) is 6.51. The van der Waals surface area contributed by atoms with E-state index in [2.05, 4.69) is 5.32 Å². The molecule has 0 atom stereocenters. The minimum absolute atomic E-state index is 0.105. The number of ether oxygens (including phenoxy) is 1. The summed E-state index contributed by atoms with van der Waals surface area (Å²) in [5, 5.41) is 2.78. The second-order valence-corrected chi connectivity index (χ2v) is 3.91. The van der Waals surface area contributed by atoms with Gasteiger partial charge in [0.05, 0.1) is 17.1 Å².